The van der Waals surface area contributed by atoms with Crippen LogP contribution in [0.2, 0.25) is 5.02 Å². The molecule has 0 atom stereocenters. The normalized spacial score (nSPS) is 15.1. The largest absolute Gasteiger partial charge is 0.439 e. The highest BCUT2D eigenvalue weighted by Gasteiger charge is 2.22. The molecule has 4 rings (SSSR count). The van der Waals surface area contributed by atoms with Crippen molar-refractivity contribution in [3.63, 3.8) is 0 Å². The molecule has 1 aliphatic rings. The number of hydrogen-bond acceptors (Lipinski definition) is 6. The van der Waals surface area contributed by atoms with Crippen LogP contribution < -0.4 is 9.46 Å². The van der Waals surface area contributed by atoms with Crippen LogP contribution in [0, 0.1) is 0 Å². The van der Waals surface area contributed by atoms with Gasteiger partial charge in [-0.1, -0.05) is 36.9 Å². The third-order valence-electron chi connectivity index (χ3n) is 4.98. The van der Waals surface area contributed by atoms with Crippen molar-refractivity contribution in [3.8, 4) is 11.6 Å². The van der Waals surface area contributed by atoms with E-state index in [1.807, 2.05) is 0 Å². The second kappa shape index (κ2) is 8.61. The maximum absolute atomic E-state index is 12.7. The van der Waals surface area contributed by atoms with Crippen LogP contribution in [0.4, 0.5) is 5.95 Å². The van der Waals surface area contributed by atoms with Crippen molar-refractivity contribution in [1.82, 2.24) is 19.7 Å². The van der Waals surface area contributed by atoms with Gasteiger partial charge in [0.2, 0.25) is 11.8 Å². The Morgan fingerprint density at radius 2 is 1.97 bits per heavy atom. The summed E-state index contributed by atoms with van der Waals surface area (Å²) in [6.07, 6.45) is 8.14. The lowest BCUT2D eigenvalue weighted by molar-refractivity contribution is 0.428. The van der Waals surface area contributed by atoms with Crippen molar-refractivity contribution in [2.45, 2.75) is 42.9 Å². The first-order chi connectivity index (χ1) is 14.4. The van der Waals surface area contributed by atoms with Gasteiger partial charge in [0.05, 0.1) is 11.9 Å². The van der Waals surface area contributed by atoms with Crippen molar-refractivity contribution in [3.05, 3.63) is 53.4 Å². The van der Waals surface area contributed by atoms with Crippen LogP contribution in [0.3, 0.4) is 0 Å². The Morgan fingerprint density at radius 1 is 1.17 bits per heavy atom. The molecule has 0 unspecified atom stereocenters. The monoisotopic (exact) mass is 447 g/mol. The van der Waals surface area contributed by atoms with Gasteiger partial charge in [-0.2, -0.15) is 10.1 Å². The predicted octanol–water partition coefficient (Wildman–Crippen LogP) is 4.50. The number of benzene rings is 1. The zero-order valence-electron chi connectivity index (χ0n) is 16.5. The number of rotatable bonds is 6. The minimum absolute atomic E-state index is 0.0287. The molecule has 2 aromatic heterocycles. The zero-order chi connectivity index (χ0) is 21.1. The molecule has 0 bridgehead atoms. The Hall–Kier alpha value is -2.65. The van der Waals surface area contributed by atoms with Crippen molar-refractivity contribution < 1.29 is 13.2 Å². The van der Waals surface area contributed by atoms with E-state index in [1.54, 1.807) is 37.4 Å². The summed E-state index contributed by atoms with van der Waals surface area (Å²) >= 11 is 6.04. The fourth-order valence-corrected chi connectivity index (χ4v) is 4.62. The van der Waals surface area contributed by atoms with Crippen LogP contribution >= 0.6 is 11.6 Å². The van der Waals surface area contributed by atoms with Crippen molar-refractivity contribution >= 4 is 27.6 Å². The summed E-state index contributed by atoms with van der Waals surface area (Å²) in [5.41, 5.74) is 0.769. The molecule has 0 saturated heterocycles. The van der Waals surface area contributed by atoms with Gasteiger partial charge in [-0.15, -0.1) is 0 Å². The van der Waals surface area contributed by atoms with Crippen LogP contribution in [-0.4, -0.2) is 28.2 Å². The van der Waals surface area contributed by atoms with Crippen LogP contribution in [0.5, 0.6) is 11.6 Å². The molecule has 2 heterocycles. The number of sulfonamides is 1. The quantitative estimate of drug-likeness (QED) is 0.597. The van der Waals surface area contributed by atoms with Gasteiger partial charge in [0, 0.05) is 30.3 Å². The summed E-state index contributed by atoms with van der Waals surface area (Å²) in [6, 6.07) is 8.72. The lowest BCUT2D eigenvalue weighted by atomic mass is 9.87. The van der Waals surface area contributed by atoms with Gasteiger partial charge in [0.1, 0.15) is 10.6 Å². The Bertz CT molecular complexity index is 1140. The third-order valence-corrected chi connectivity index (χ3v) is 6.50. The molecule has 3 aromatic rings. The van der Waals surface area contributed by atoms with Crippen LogP contribution in [0.15, 0.2) is 47.6 Å². The van der Waals surface area contributed by atoms with E-state index >= 15 is 0 Å². The Balaban J connectivity index is 1.67. The van der Waals surface area contributed by atoms with Crippen LogP contribution in [0.25, 0.3) is 0 Å². The summed E-state index contributed by atoms with van der Waals surface area (Å²) < 4.78 is 35.2. The molecule has 0 aliphatic heterocycles. The highest BCUT2D eigenvalue weighted by Crippen LogP contribution is 2.34. The van der Waals surface area contributed by atoms with Crippen LogP contribution in [0.1, 0.15) is 43.7 Å². The standard InChI is InChI=1S/C20H22ClN5O3S/c1-26-13-17(12-22-26)30(27,28)25-20-23-18(14-6-3-2-4-7-14)11-19(24-20)29-16-9-5-8-15(21)10-16/h5,8-14H,2-4,6-7H2,1H3,(H,23,24,25). The van der Waals surface area contributed by atoms with Gasteiger partial charge in [-0.25, -0.2) is 18.1 Å². The van der Waals surface area contributed by atoms with Crippen molar-refractivity contribution in [1.29, 1.82) is 0 Å². The molecule has 158 valence electrons. The molecule has 10 heteroatoms. The lowest BCUT2D eigenvalue weighted by Crippen LogP contribution is -2.16. The van der Waals surface area contributed by atoms with E-state index in [0.717, 1.165) is 31.4 Å². The second-order valence-electron chi connectivity index (χ2n) is 7.30. The molecule has 1 N–H and O–H groups in total. The second-order valence-corrected chi connectivity index (χ2v) is 9.42. The first-order valence-corrected chi connectivity index (χ1v) is 11.6. The van der Waals surface area contributed by atoms with Gasteiger partial charge in [0.15, 0.2) is 0 Å². The van der Waals surface area contributed by atoms with Crippen LogP contribution in [-0.2, 0) is 17.1 Å². The molecule has 0 radical (unpaired) electrons. The predicted molar refractivity (Wildman–Crippen MR) is 113 cm³/mol. The fraction of sp³-hybridized carbons (Fsp3) is 0.350. The van der Waals surface area contributed by atoms with Crippen molar-refractivity contribution in [2.75, 3.05) is 4.72 Å². The van der Waals surface area contributed by atoms with E-state index in [-0.39, 0.29) is 22.6 Å². The van der Waals surface area contributed by atoms with Gasteiger partial charge >= 0.3 is 0 Å². The third kappa shape index (κ3) is 4.91. The molecular weight excluding hydrogens is 426 g/mol. The number of anilines is 1. The zero-order valence-corrected chi connectivity index (χ0v) is 18.0. The number of nitrogens with zero attached hydrogens (tertiary/aromatic N) is 4. The summed E-state index contributed by atoms with van der Waals surface area (Å²) in [7, 11) is -2.22. The number of halogens is 1. The summed E-state index contributed by atoms with van der Waals surface area (Å²) in [4.78, 5) is 8.81. The number of hydrogen-bond donors (Lipinski definition) is 1. The lowest BCUT2D eigenvalue weighted by Gasteiger charge is -2.22. The highest BCUT2D eigenvalue weighted by atomic mass is 35.5. The van der Waals surface area contributed by atoms with E-state index in [4.69, 9.17) is 16.3 Å². The number of nitrogens with one attached hydrogen (secondary N) is 1. The average molecular weight is 448 g/mol. The first kappa shape index (κ1) is 20.6. The summed E-state index contributed by atoms with van der Waals surface area (Å²) in [6.45, 7) is 0. The topological polar surface area (TPSA) is 99.0 Å². The van der Waals surface area contributed by atoms with Gasteiger partial charge in [-0.3, -0.25) is 4.68 Å². The summed E-state index contributed by atoms with van der Waals surface area (Å²) in [5.74, 6) is 0.984. The minimum Gasteiger partial charge on any atom is -0.439 e. The average Bonchev–Trinajstić information content (AvgIpc) is 3.16. The molecule has 1 aliphatic carbocycles. The van der Waals surface area contributed by atoms with E-state index in [9.17, 15) is 8.42 Å². The molecule has 0 amide bonds. The molecule has 1 fully saturated rings. The molecule has 1 saturated carbocycles. The van der Waals surface area contributed by atoms with E-state index < -0.39 is 10.0 Å². The number of aromatic nitrogens is 4. The molecule has 8 nitrogen and oxygen atoms in total. The Morgan fingerprint density at radius 3 is 2.67 bits per heavy atom. The van der Waals surface area contributed by atoms with E-state index in [1.165, 1.54) is 23.5 Å². The molecule has 0 spiro atoms. The summed E-state index contributed by atoms with van der Waals surface area (Å²) in [5, 5.41) is 4.45. The molecule has 1 aromatic carbocycles. The van der Waals surface area contributed by atoms with E-state index in [2.05, 4.69) is 19.8 Å². The smallest absolute Gasteiger partial charge is 0.267 e. The Labute approximate surface area is 180 Å². The number of ether oxygens (including phenoxy) is 1. The maximum Gasteiger partial charge on any atom is 0.267 e. The fourth-order valence-electron chi connectivity index (χ4n) is 3.52. The first-order valence-electron chi connectivity index (χ1n) is 9.73. The van der Waals surface area contributed by atoms with Gasteiger partial charge in [0.25, 0.3) is 10.0 Å². The van der Waals surface area contributed by atoms with E-state index in [0.29, 0.717) is 10.8 Å². The SMILES string of the molecule is Cn1cc(S(=O)(=O)Nc2nc(Oc3cccc(Cl)c3)cc(C3CCCCC3)n2)cn1. The molecular formula is C20H22ClN5O3S. The minimum atomic E-state index is -3.87. The highest BCUT2D eigenvalue weighted by molar-refractivity contribution is 7.92. The maximum atomic E-state index is 12.7. The molecule has 30 heavy (non-hydrogen) atoms. The Kier molecular flexibility index (Phi) is 5.92. The number of aryl methyl sites for hydroxylation is 1. The van der Waals surface area contributed by atoms with Crippen molar-refractivity contribution in [2.24, 2.45) is 7.05 Å². The van der Waals surface area contributed by atoms with Gasteiger partial charge < -0.3 is 4.74 Å². The van der Waals surface area contributed by atoms with Gasteiger partial charge in [-0.05, 0) is 31.0 Å².